The van der Waals surface area contributed by atoms with Gasteiger partial charge in [-0.05, 0) is 52.2 Å². The van der Waals surface area contributed by atoms with Crippen molar-refractivity contribution in [2.45, 2.75) is 64.6 Å². The maximum absolute atomic E-state index is 13.3. The summed E-state index contributed by atoms with van der Waals surface area (Å²) in [5, 5.41) is 3.16. The van der Waals surface area contributed by atoms with E-state index < -0.39 is 5.66 Å². The number of benzene rings is 1. The molecule has 1 aromatic carbocycles. The number of anilines is 1. The zero-order valence-corrected chi connectivity index (χ0v) is 19.4. The van der Waals surface area contributed by atoms with E-state index in [-0.39, 0.29) is 30.2 Å². The molecule has 0 aliphatic carbocycles. The van der Waals surface area contributed by atoms with Crippen molar-refractivity contribution in [1.82, 2.24) is 15.1 Å². The van der Waals surface area contributed by atoms with E-state index in [1.807, 2.05) is 25.1 Å². The number of hydrogen-bond acceptors (Lipinski definition) is 4. The fraction of sp³-hybridized carbons (Fsp3) is 0.560. The third kappa shape index (κ3) is 4.31. The van der Waals surface area contributed by atoms with E-state index in [1.54, 1.807) is 15.9 Å². The lowest BCUT2D eigenvalue weighted by atomic mass is 9.98. The molecule has 2 saturated heterocycles. The largest absolute Gasteiger partial charge is 0.353 e. The van der Waals surface area contributed by atoms with Crippen molar-refractivity contribution >= 4 is 23.4 Å². The number of fused-ring (bicyclic) bond motifs is 3. The summed E-state index contributed by atoms with van der Waals surface area (Å²) in [7, 11) is 0. The minimum atomic E-state index is -0.709. The molecule has 2 fully saturated rings. The number of amides is 3. The molecule has 4 rings (SSSR count). The van der Waals surface area contributed by atoms with E-state index in [9.17, 15) is 14.4 Å². The first-order valence-corrected chi connectivity index (χ1v) is 11.7. The van der Waals surface area contributed by atoms with Gasteiger partial charge in [0, 0.05) is 45.1 Å². The molecule has 0 radical (unpaired) electrons. The van der Waals surface area contributed by atoms with Crippen molar-refractivity contribution in [2.24, 2.45) is 0 Å². The number of nitrogens with zero attached hydrogens (tertiary/aromatic N) is 3. The molecule has 1 atom stereocenters. The maximum Gasteiger partial charge on any atom is 0.257 e. The van der Waals surface area contributed by atoms with E-state index >= 15 is 0 Å². The molecule has 172 valence electrons. The van der Waals surface area contributed by atoms with Crippen LogP contribution in [0.3, 0.4) is 0 Å². The van der Waals surface area contributed by atoms with Crippen LogP contribution in [0.1, 0.15) is 63.2 Å². The number of rotatable bonds is 6. The van der Waals surface area contributed by atoms with Crippen LogP contribution in [0.25, 0.3) is 0 Å². The Hall–Kier alpha value is -2.67. The van der Waals surface area contributed by atoms with Crippen molar-refractivity contribution in [3.63, 3.8) is 0 Å². The summed E-state index contributed by atoms with van der Waals surface area (Å²) in [6.45, 7) is 9.38. The van der Waals surface area contributed by atoms with Crippen LogP contribution in [-0.2, 0) is 9.59 Å². The second-order valence-corrected chi connectivity index (χ2v) is 9.59. The van der Waals surface area contributed by atoms with Crippen LogP contribution in [0, 0.1) is 0 Å². The van der Waals surface area contributed by atoms with Crippen LogP contribution in [0.15, 0.2) is 35.9 Å². The van der Waals surface area contributed by atoms with Crippen molar-refractivity contribution in [3.05, 3.63) is 41.5 Å². The normalized spacial score (nSPS) is 23.7. The fourth-order valence-corrected chi connectivity index (χ4v) is 5.13. The minimum Gasteiger partial charge on any atom is -0.353 e. The number of hydrogen-bond donors (Lipinski definition) is 1. The van der Waals surface area contributed by atoms with Crippen LogP contribution in [0.2, 0.25) is 0 Å². The molecule has 0 aromatic heterocycles. The van der Waals surface area contributed by atoms with Gasteiger partial charge in [-0.2, -0.15) is 0 Å². The van der Waals surface area contributed by atoms with Crippen molar-refractivity contribution in [3.8, 4) is 0 Å². The first kappa shape index (κ1) is 22.5. The zero-order chi connectivity index (χ0) is 22.9. The van der Waals surface area contributed by atoms with Crippen molar-refractivity contribution in [1.29, 1.82) is 0 Å². The Morgan fingerprint density at radius 1 is 1.19 bits per heavy atom. The smallest absolute Gasteiger partial charge is 0.257 e. The summed E-state index contributed by atoms with van der Waals surface area (Å²) in [5.41, 5.74) is 1.83. The standard InChI is InChI=1S/C25H34N4O3/c1-18(2)9-14-27-15-10-19(11-16-27)26-22(30)12-17-28-24(32)20-6-4-5-7-21(20)29-23(31)8-13-25(28,29)3/h4-7,9,19H,8,10-17H2,1-3H3,(H,26,30). The predicted molar refractivity (Wildman–Crippen MR) is 124 cm³/mol. The maximum atomic E-state index is 13.3. The molecule has 7 heteroatoms. The molecule has 3 aliphatic rings. The van der Waals surface area contributed by atoms with E-state index in [0.29, 0.717) is 30.6 Å². The van der Waals surface area contributed by atoms with Gasteiger partial charge in [0.2, 0.25) is 11.8 Å². The van der Waals surface area contributed by atoms with Gasteiger partial charge in [-0.15, -0.1) is 0 Å². The number of likely N-dealkylation sites (tertiary alicyclic amines) is 1. The van der Waals surface area contributed by atoms with Crippen molar-refractivity contribution < 1.29 is 14.4 Å². The average molecular weight is 439 g/mol. The summed E-state index contributed by atoms with van der Waals surface area (Å²) in [5.74, 6) is -0.102. The quantitative estimate of drug-likeness (QED) is 0.693. The second kappa shape index (κ2) is 9.06. The molecule has 1 unspecified atom stereocenters. The summed E-state index contributed by atoms with van der Waals surface area (Å²) < 4.78 is 0. The number of allylic oxidation sites excluding steroid dienone is 1. The Kier molecular flexibility index (Phi) is 6.38. The number of carbonyl (C=O) groups is 3. The average Bonchev–Trinajstić information content (AvgIpc) is 3.08. The van der Waals surface area contributed by atoms with Gasteiger partial charge in [-0.25, -0.2) is 0 Å². The topological polar surface area (TPSA) is 73.0 Å². The molecule has 1 N–H and O–H groups in total. The van der Waals surface area contributed by atoms with E-state index in [1.165, 1.54) is 5.57 Å². The fourth-order valence-electron chi connectivity index (χ4n) is 5.13. The number of piperidine rings is 1. The summed E-state index contributed by atoms with van der Waals surface area (Å²) in [6.07, 6.45) is 5.36. The number of carbonyl (C=O) groups excluding carboxylic acids is 3. The Morgan fingerprint density at radius 2 is 1.91 bits per heavy atom. The van der Waals surface area contributed by atoms with Crippen LogP contribution in [0.4, 0.5) is 5.69 Å². The number of para-hydroxylation sites is 1. The molecule has 0 saturated carbocycles. The first-order chi connectivity index (χ1) is 15.3. The van der Waals surface area contributed by atoms with Gasteiger partial charge in [0.25, 0.3) is 5.91 Å². The lowest BCUT2D eigenvalue weighted by Gasteiger charge is -2.48. The van der Waals surface area contributed by atoms with Gasteiger partial charge in [0.05, 0.1) is 11.3 Å². The molecule has 3 heterocycles. The number of nitrogens with one attached hydrogen (secondary N) is 1. The minimum absolute atomic E-state index is 0.0288. The predicted octanol–water partition coefficient (Wildman–Crippen LogP) is 2.92. The highest BCUT2D eigenvalue weighted by Crippen LogP contribution is 2.43. The third-order valence-electron chi connectivity index (χ3n) is 7.02. The zero-order valence-electron chi connectivity index (χ0n) is 19.4. The SMILES string of the molecule is CC(C)=CCN1CCC(NC(=O)CCN2C(=O)c3ccccc3N3C(=O)CCC23C)CC1. The highest BCUT2D eigenvalue weighted by Gasteiger charge is 2.52. The molecule has 3 amide bonds. The molecular formula is C25H34N4O3. The molecule has 0 spiro atoms. The highest BCUT2D eigenvalue weighted by atomic mass is 16.2. The lowest BCUT2D eigenvalue weighted by Crippen LogP contribution is -2.62. The Balaban J connectivity index is 1.36. The van der Waals surface area contributed by atoms with Crippen LogP contribution >= 0.6 is 0 Å². The van der Waals surface area contributed by atoms with E-state index in [0.717, 1.165) is 32.5 Å². The second-order valence-electron chi connectivity index (χ2n) is 9.59. The van der Waals surface area contributed by atoms with Crippen molar-refractivity contribution in [2.75, 3.05) is 31.1 Å². The van der Waals surface area contributed by atoms with Crippen LogP contribution in [-0.4, -0.2) is 65.4 Å². The molecule has 32 heavy (non-hydrogen) atoms. The Labute approximate surface area is 190 Å². The van der Waals surface area contributed by atoms with Gasteiger partial charge < -0.3 is 10.2 Å². The summed E-state index contributed by atoms with van der Waals surface area (Å²) in [6, 6.07) is 7.45. The first-order valence-electron chi connectivity index (χ1n) is 11.7. The van der Waals surface area contributed by atoms with Gasteiger partial charge in [0.1, 0.15) is 5.66 Å². The van der Waals surface area contributed by atoms with Gasteiger partial charge in [-0.3, -0.25) is 24.2 Å². The van der Waals surface area contributed by atoms with Crippen LogP contribution in [0.5, 0.6) is 0 Å². The monoisotopic (exact) mass is 438 g/mol. The molecular weight excluding hydrogens is 404 g/mol. The molecule has 3 aliphatic heterocycles. The molecule has 1 aromatic rings. The summed E-state index contributed by atoms with van der Waals surface area (Å²) >= 11 is 0. The lowest BCUT2D eigenvalue weighted by molar-refractivity contribution is -0.122. The Morgan fingerprint density at radius 3 is 2.62 bits per heavy atom. The molecule has 0 bridgehead atoms. The van der Waals surface area contributed by atoms with Crippen LogP contribution < -0.4 is 10.2 Å². The summed E-state index contributed by atoms with van der Waals surface area (Å²) in [4.78, 5) is 44.5. The highest BCUT2D eigenvalue weighted by molar-refractivity contribution is 6.10. The third-order valence-corrected chi connectivity index (χ3v) is 7.02. The molecule has 7 nitrogen and oxygen atoms in total. The van der Waals surface area contributed by atoms with Gasteiger partial charge in [-0.1, -0.05) is 23.8 Å². The van der Waals surface area contributed by atoms with E-state index in [2.05, 4.69) is 30.1 Å². The Bertz CT molecular complexity index is 931. The van der Waals surface area contributed by atoms with Gasteiger partial charge >= 0.3 is 0 Å². The van der Waals surface area contributed by atoms with Gasteiger partial charge in [0.15, 0.2) is 0 Å². The van der Waals surface area contributed by atoms with E-state index in [4.69, 9.17) is 0 Å².